The van der Waals surface area contributed by atoms with Crippen LogP contribution in [0, 0.1) is 5.82 Å². The standard InChI is InChI=1S/C9H13FN2O.ClH/c1-13-8-4-2-3-6(10)9(8)7(12)5-11;/h2-4,7H,5,11-12H2,1H3;1H/t7-;/m1./s1. The molecule has 0 aliphatic carbocycles. The van der Waals surface area contributed by atoms with Gasteiger partial charge in [-0.3, -0.25) is 0 Å². The molecule has 0 amide bonds. The molecule has 1 aromatic carbocycles. The number of ether oxygens (including phenoxy) is 1. The fraction of sp³-hybridized carbons (Fsp3) is 0.333. The number of hydrogen-bond donors (Lipinski definition) is 2. The number of halogens is 2. The molecule has 3 nitrogen and oxygen atoms in total. The van der Waals surface area contributed by atoms with Gasteiger partial charge in [-0.2, -0.15) is 0 Å². The van der Waals surface area contributed by atoms with Crippen LogP contribution in [0.5, 0.6) is 5.75 Å². The lowest BCUT2D eigenvalue weighted by Gasteiger charge is -2.14. The minimum absolute atomic E-state index is 0. The molecule has 0 fully saturated rings. The van der Waals surface area contributed by atoms with Gasteiger partial charge in [-0.05, 0) is 12.1 Å². The highest BCUT2D eigenvalue weighted by molar-refractivity contribution is 5.85. The van der Waals surface area contributed by atoms with E-state index in [1.807, 2.05) is 0 Å². The molecule has 0 saturated carbocycles. The largest absolute Gasteiger partial charge is 0.496 e. The van der Waals surface area contributed by atoms with Crippen LogP contribution in [0.2, 0.25) is 0 Å². The van der Waals surface area contributed by atoms with Gasteiger partial charge in [0.15, 0.2) is 0 Å². The maximum atomic E-state index is 13.3. The van der Waals surface area contributed by atoms with Crippen molar-refractivity contribution in [2.45, 2.75) is 6.04 Å². The Morgan fingerprint density at radius 2 is 2.14 bits per heavy atom. The molecule has 1 rings (SSSR count). The summed E-state index contributed by atoms with van der Waals surface area (Å²) in [6.07, 6.45) is 0. The third kappa shape index (κ3) is 2.57. The second kappa shape index (κ2) is 5.80. The topological polar surface area (TPSA) is 61.3 Å². The number of benzene rings is 1. The third-order valence-electron chi connectivity index (χ3n) is 1.86. The van der Waals surface area contributed by atoms with Crippen molar-refractivity contribution in [2.75, 3.05) is 13.7 Å². The lowest BCUT2D eigenvalue weighted by molar-refractivity contribution is 0.399. The van der Waals surface area contributed by atoms with Crippen LogP contribution in [0.25, 0.3) is 0 Å². The number of methoxy groups -OCH3 is 1. The van der Waals surface area contributed by atoms with E-state index in [4.69, 9.17) is 16.2 Å². The van der Waals surface area contributed by atoms with Crippen molar-refractivity contribution in [2.24, 2.45) is 11.5 Å². The van der Waals surface area contributed by atoms with Gasteiger partial charge in [0.2, 0.25) is 0 Å². The van der Waals surface area contributed by atoms with Crippen molar-refractivity contribution in [3.8, 4) is 5.75 Å². The summed E-state index contributed by atoms with van der Waals surface area (Å²) < 4.78 is 18.2. The van der Waals surface area contributed by atoms with Crippen LogP contribution in [-0.4, -0.2) is 13.7 Å². The Kier molecular flexibility index (Phi) is 5.45. The van der Waals surface area contributed by atoms with E-state index in [1.165, 1.54) is 13.2 Å². The molecule has 80 valence electrons. The van der Waals surface area contributed by atoms with Gasteiger partial charge in [-0.15, -0.1) is 12.4 Å². The van der Waals surface area contributed by atoms with Crippen molar-refractivity contribution in [1.29, 1.82) is 0 Å². The maximum absolute atomic E-state index is 13.3. The van der Waals surface area contributed by atoms with Crippen LogP contribution in [0.1, 0.15) is 11.6 Å². The van der Waals surface area contributed by atoms with Gasteiger partial charge >= 0.3 is 0 Å². The summed E-state index contributed by atoms with van der Waals surface area (Å²) in [5.74, 6) is 0.0650. The minimum Gasteiger partial charge on any atom is -0.496 e. The molecular formula is C9H14ClFN2O. The highest BCUT2D eigenvalue weighted by Gasteiger charge is 2.14. The van der Waals surface area contributed by atoms with Gasteiger partial charge in [-0.25, -0.2) is 4.39 Å². The smallest absolute Gasteiger partial charge is 0.131 e. The molecule has 0 aliphatic rings. The van der Waals surface area contributed by atoms with Gasteiger partial charge in [-0.1, -0.05) is 6.07 Å². The fourth-order valence-electron chi connectivity index (χ4n) is 1.17. The molecule has 0 aromatic heterocycles. The lowest BCUT2D eigenvalue weighted by Crippen LogP contribution is -2.22. The van der Waals surface area contributed by atoms with E-state index in [-0.39, 0.29) is 24.8 Å². The average molecular weight is 221 g/mol. The molecule has 4 N–H and O–H groups in total. The van der Waals surface area contributed by atoms with Crippen LogP contribution in [0.4, 0.5) is 4.39 Å². The van der Waals surface area contributed by atoms with Gasteiger partial charge in [0.05, 0.1) is 7.11 Å². The highest BCUT2D eigenvalue weighted by Crippen LogP contribution is 2.25. The van der Waals surface area contributed by atoms with Crippen LogP contribution in [0.3, 0.4) is 0 Å². The molecule has 14 heavy (non-hydrogen) atoms. The van der Waals surface area contributed by atoms with E-state index >= 15 is 0 Å². The van der Waals surface area contributed by atoms with E-state index in [1.54, 1.807) is 12.1 Å². The normalized spacial score (nSPS) is 11.7. The Bertz CT molecular complexity index is 296. The molecule has 0 saturated heterocycles. The van der Waals surface area contributed by atoms with Gasteiger partial charge in [0.1, 0.15) is 11.6 Å². The van der Waals surface area contributed by atoms with Crippen LogP contribution < -0.4 is 16.2 Å². The average Bonchev–Trinajstić information content (AvgIpc) is 2.16. The molecular weight excluding hydrogens is 207 g/mol. The second-order valence-electron chi connectivity index (χ2n) is 2.70. The van der Waals surface area contributed by atoms with Crippen molar-refractivity contribution < 1.29 is 9.13 Å². The van der Waals surface area contributed by atoms with Crippen molar-refractivity contribution in [3.05, 3.63) is 29.6 Å². The third-order valence-corrected chi connectivity index (χ3v) is 1.86. The summed E-state index contributed by atoms with van der Waals surface area (Å²) in [7, 11) is 1.47. The van der Waals surface area contributed by atoms with E-state index in [0.717, 1.165) is 0 Å². The lowest BCUT2D eigenvalue weighted by atomic mass is 10.1. The predicted molar refractivity (Wildman–Crippen MR) is 56.2 cm³/mol. The zero-order chi connectivity index (χ0) is 9.84. The fourth-order valence-corrected chi connectivity index (χ4v) is 1.17. The van der Waals surface area contributed by atoms with E-state index < -0.39 is 6.04 Å². The Morgan fingerprint density at radius 3 is 2.64 bits per heavy atom. The Balaban J connectivity index is 0.00000169. The van der Waals surface area contributed by atoms with Crippen LogP contribution >= 0.6 is 12.4 Å². The summed E-state index contributed by atoms with van der Waals surface area (Å²) in [5.41, 5.74) is 11.3. The van der Waals surface area contributed by atoms with Gasteiger partial charge in [0, 0.05) is 18.2 Å². The first-order valence-electron chi connectivity index (χ1n) is 3.98. The van der Waals surface area contributed by atoms with E-state index in [9.17, 15) is 4.39 Å². The number of nitrogens with two attached hydrogens (primary N) is 2. The number of rotatable bonds is 3. The zero-order valence-electron chi connectivity index (χ0n) is 7.87. The van der Waals surface area contributed by atoms with E-state index in [2.05, 4.69) is 0 Å². The Morgan fingerprint density at radius 1 is 1.50 bits per heavy atom. The first-order valence-corrected chi connectivity index (χ1v) is 3.98. The first-order chi connectivity index (χ1) is 6.20. The Labute approximate surface area is 88.6 Å². The summed E-state index contributed by atoms with van der Waals surface area (Å²) in [6.45, 7) is 0.192. The van der Waals surface area contributed by atoms with E-state index in [0.29, 0.717) is 11.3 Å². The van der Waals surface area contributed by atoms with Gasteiger partial charge < -0.3 is 16.2 Å². The number of hydrogen-bond acceptors (Lipinski definition) is 3. The second-order valence-corrected chi connectivity index (χ2v) is 2.70. The van der Waals surface area contributed by atoms with Crippen molar-refractivity contribution in [3.63, 3.8) is 0 Å². The molecule has 0 spiro atoms. The van der Waals surface area contributed by atoms with Crippen LogP contribution in [-0.2, 0) is 0 Å². The van der Waals surface area contributed by atoms with Gasteiger partial charge in [0.25, 0.3) is 0 Å². The maximum Gasteiger partial charge on any atom is 0.131 e. The molecule has 0 aliphatic heterocycles. The molecule has 0 heterocycles. The summed E-state index contributed by atoms with van der Waals surface area (Å²) in [5, 5.41) is 0. The summed E-state index contributed by atoms with van der Waals surface area (Å²) in [4.78, 5) is 0. The highest BCUT2D eigenvalue weighted by atomic mass is 35.5. The molecule has 5 heteroatoms. The molecule has 1 atom stereocenters. The molecule has 0 unspecified atom stereocenters. The predicted octanol–water partition coefficient (Wildman–Crippen LogP) is 1.21. The van der Waals surface area contributed by atoms with Crippen molar-refractivity contribution >= 4 is 12.4 Å². The molecule has 1 aromatic rings. The minimum atomic E-state index is -0.517. The first kappa shape index (κ1) is 13.2. The molecule has 0 bridgehead atoms. The van der Waals surface area contributed by atoms with Crippen molar-refractivity contribution in [1.82, 2.24) is 0 Å². The Hall–Kier alpha value is -0.840. The monoisotopic (exact) mass is 220 g/mol. The van der Waals surface area contributed by atoms with Crippen LogP contribution in [0.15, 0.2) is 18.2 Å². The zero-order valence-corrected chi connectivity index (χ0v) is 8.68. The summed E-state index contributed by atoms with van der Waals surface area (Å²) in [6, 6.07) is 4.05. The SMILES string of the molecule is COc1cccc(F)c1[C@H](N)CN.Cl. The summed E-state index contributed by atoms with van der Waals surface area (Å²) >= 11 is 0. The quantitative estimate of drug-likeness (QED) is 0.805. The molecule has 0 radical (unpaired) electrons.